The lowest BCUT2D eigenvalue weighted by Crippen LogP contribution is -2.16. The molecule has 9 heavy (non-hydrogen) atoms. The maximum atomic E-state index is 3.82. The fourth-order valence-corrected chi connectivity index (χ4v) is 0.406. The third-order valence-corrected chi connectivity index (χ3v) is 0.758. The minimum absolute atomic E-state index is 0.634. The molecule has 0 aliphatic heterocycles. The molecule has 0 atom stereocenters. The van der Waals surface area contributed by atoms with Crippen LogP contribution in [0.1, 0.15) is 0 Å². The molecule has 0 fully saturated rings. The minimum atomic E-state index is 0.634. The highest BCUT2D eigenvalue weighted by Gasteiger charge is 1.86. The highest BCUT2D eigenvalue weighted by Crippen LogP contribution is 1.77. The first-order chi connectivity index (χ1) is 4.35. The predicted octanol–water partition coefficient (Wildman–Crippen LogP) is 0.448. The van der Waals surface area contributed by atoms with Gasteiger partial charge in [-0.25, -0.2) is 9.98 Å². The van der Waals surface area contributed by atoms with Crippen LogP contribution in [0.3, 0.4) is 0 Å². The van der Waals surface area contributed by atoms with E-state index < -0.39 is 0 Å². The van der Waals surface area contributed by atoms with Crippen LogP contribution in [0.4, 0.5) is 0 Å². The van der Waals surface area contributed by atoms with Crippen LogP contribution in [0.25, 0.3) is 0 Å². The first kappa shape index (κ1) is 8.04. The topological polar surface area (TPSA) is 36.8 Å². The maximum Gasteiger partial charge on any atom is 0.141 e. The molecular formula is C6H11N3. The normalized spacial score (nSPS) is 11.0. The summed E-state index contributed by atoms with van der Waals surface area (Å²) in [7, 11) is 1.82. The third kappa shape index (κ3) is 3.61. The van der Waals surface area contributed by atoms with E-state index in [1.807, 2.05) is 7.05 Å². The molecule has 0 unspecified atom stereocenters. The van der Waals surface area contributed by atoms with Crippen molar-refractivity contribution in [3.8, 4) is 0 Å². The second-order valence-electron chi connectivity index (χ2n) is 1.42. The fourth-order valence-electron chi connectivity index (χ4n) is 0.406. The van der Waals surface area contributed by atoms with Crippen molar-refractivity contribution >= 4 is 12.6 Å². The number of amidine groups is 1. The van der Waals surface area contributed by atoms with E-state index in [1.165, 1.54) is 6.20 Å². The van der Waals surface area contributed by atoms with Crippen molar-refractivity contribution in [2.24, 2.45) is 9.98 Å². The number of rotatable bonds is 3. The molecule has 0 aromatic heterocycles. The molecule has 0 heterocycles. The van der Waals surface area contributed by atoms with Gasteiger partial charge in [0.1, 0.15) is 5.84 Å². The smallest absolute Gasteiger partial charge is 0.141 e. The van der Waals surface area contributed by atoms with Crippen molar-refractivity contribution in [2.45, 2.75) is 0 Å². The van der Waals surface area contributed by atoms with Crippen molar-refractivity contribution in [3.63, 3.8) is 0 Å². The van der Waals surface area contributed by atoms with E-state index in [-0.39, 0.29) is 0 Å². The molecular weight excluding hydrogens is 114 g/mol. The van der Waals surface area contributed by atoms with E-state index >= 15 is 0 Å². The van der Waals surface area contributed by atoms with E-state index in [4.69, 9.17) is 0 Å². The van der Waals surface area contributed by atoms with Crippen molar-refractivity contribution in [2.75, 3.05) is 13.6 Å². The van der Waals surface area contributed by atoms with Crippen molar-refractivity contribution < 1.29 is 0 Å². The van der Waals surface area contributed by atoms with Crippen LogP contribution >= 0.6 is 0 Å². The lowest BCUT2D eigenvalue weighted by atomic mass is 10.6. The zero-order valence-corrected chi connectivity index (χ0v) is 5.59. The van der Waals surface area contributed by atoms with Gasteiger partial charge in [-0.05, 0) is 13.8 Å². The van der Waals surface area contributed by atoms with E-state index in [0.29, 0.717) is 12.4 Å². The standard InChI is InChI=1S/C6H11N3/c1-4-9-6(8-3)5-7-2/h4,7H,1,3,5H2,2H3. The summed E-state index contributed by atoms with van der Waals surface area (Å²) in [5.74, 6) is 0.660. The summed E-state index contributed by atoms with van der Waals surface area (Å²) < 4.78 is 0. The number of aliphatic imine (C=N–C) groups is 2. The maximum absolute atomic E-state index is 3.82. The Morgan fingerprint density at radius 2 is 2.44 bits per heavy atom. The third-order valence-electron chi connectivity index (χ3n) is 0.758. The Balaban J connectivity index is 3.80. The van der Waals surface area contributed by atoms with Gasteiger partial charge in [-0.3, -0.25) is 0 Å². The van der Waals surface area contributed by atoms with E-state index in [2.05, 4.69) is 28.6 Å². The Labute approximate surface area is 55.2 Å². The number of nitrogens with zero attached hydrogens (tertiary/aromatic N) is 2. The Hall–Kier alpha value is -0.960. The summed E-state index contributed by atoms with van der Waals surface area (Å²) in [6.07, 6.45) is 1.45. The van der Waals surface area contributed by atoms with Gasteiger partial charge in [0.15, 0.2) is 0 Å². The molecule has 0 spiro atoms. The van der Waals surface area contributed by atoms with Gasteiger partial charge in [0.2, 0.25) is 0 Å². The molecule has 0 aromatic carbocycles. The lowest BCUT2D eigenvalue weighted by Gasteiger charge is -1.93. The molecule has 0 bridgehead atoms. The zero-order valence-electron chi connectivity index (χ0n) is 5.59. The van der Waals surface area contributed by atoms with Gasteiger partial charge in [-0.1, -0.05) is 6.58 Å². The first-order valence-electron chi connectivity index (χ1n) is 2.64. The molecule has 0 aromatic rings. The van der Waals surface area contributed by atoms with Crippen LogP contribution in [0.5, 0.6) is 0 Å². The molecule has 3 heteroatoms. The summed E-state index contributed by atoms with van der Waals surface area (Å²) in [5.41, 5.74) is 0. The van der Waals surface area contributed by atoms with Crippen LogP contribution in [0.2, 0.25) is 0 Å². The molecule has 0 aliphatic rings. The number of hydrogen-bond acceptors (Lipinski definition) is 2. The Morgan fingerprint density at radius 3 is 2.78 bits per heavy atom. The quantitative estimate of drug-likeness (QED) is 0.431. The van der Waals surface area contributed by atoms with Crippen molar-refractivity contribution in [1.29, 1.82) is 0 Å². The van der Waals surface area contributed by atoms with Gasteiger partial charge in [-0.15, -0.1) is 0 Å². The Kier molecular flexibility index (Phi) is 4.63. The number of hydrogen-bond donors (Lipinski definition) is 1. The number of nitrogens with one attached hydrogen (secondary N) is 1. The molecule has 0 aliphatic carbocycles. The van der Waals surface area contributed by atoms with Crippen molar-refractivity contribution in [1.82, 2.24) is 5.32 Å². The van der Waals surface area contributed by atoms with Crippen LogP contribution in [-0.2, 0) is 0 Å². The molecule has 50 valence electrons. The van der Waals surface area contributed by atoms with E-state index in [0.717, 1.165) is 0 Å². The highest BCUT2D eigenvalue weighted by molar-refractivity contribution is 5.88. The summed E-state index contributed by atoms with van der Waals surface area (Å²) in [6, 6.07) is 0. The van der Waals surface area contributed by atoms with Gasteiger partial charge >= 0.3 is 0 Å². The van der Waals surface area contributed by atoms with Crippen LogP contribution in [0.15, 0.2) is 22.8 Å². The van der Waals surface area contributed by atoms with Crippen LogP contribution in [-0.4, -0.2) is 26.1 Å². The van der Waals surface area contributed by atoms with Crippen molar-refractivity contribution in [3.05, 3.63) is 12.8 Å². The average Bonchev–Trinajstić information content (AvgIpc) is 1.88. The zero-order chi connectivity index (χ0) is 7.11. The first-order valence-corrected chi connectivity index (χ1v) is 2.64. The Bertz CT molecular complexity index is 126. The minimum Gasteiger partial charge on any atom is -0.313 e. The molecule has 0 amide bonds. The van der Waals surface area contributed by atoms with Gasteiger partial charge in [0.25, 0.3) is 0 Å². The predicted molar refractivity (Wildman–Crippen MR) is 41.1 cm³/mol. The second-order valence-corrected chi connectivity index (χ2v) is 1.42. The molecule has 1 N–H and O–H groups in total. The lowest BCUT2D eigenvalue weighted by molar-refractivity contribution is 0.940. The molecule has 0 rings (SSSR count). The molecule has 0 saturated carbocycles. The monoisotopic (exact) mass is 125 g/mol. The summed E-state index contributed by atoms with van der Waals surface area (Å²) in [5, 5.41) is 2.89. The molecule has 0 saturated heterocycles. The van der Waals surface area contributed by atoms with Crippen LogP contribution < -0.4 is 5.32 Å². The summed E-state index contributed by atoms with van der Waals surface area (Å²) in [4.78, 5) is 7.46. The molecule has 0 radical (unpaired) electrons. The number of likely N-dealkylation sites (N-methyl/N-ethyl adjacent to an activating group) is 1. The average molecular weight is 125 g/mol. The molecule has 3 nitrogen and oxygen atoms in total. The summed E-state index contributed by atoms with van der Waals surface area (Å²) >= 11 is 0. The van der Waals surface area contributed by atoms with E-state index in [9.17, 15) is 0 Å². The SMILES string of the molecule is C=CN=C(CNC)N=C. The van der Waals surface area contributed by atoms with Crippen LogP contribution in [0, 0.1) is 0 Å². The van der Waals surface area contributed by atoms with E-state index in [1.54, 1.807) is 0 Å². The van der Waals surface area contributed by atoms with Gasteiger partial charge in [0, 0.05) is 6.20 Å². The fraction of sp³-hybridized carbons (Fsp3) is 0.333. The second kappa shape index (κ2) is 5.18. The Morgan fingerprint density at radius 1 is 1.78 bits per heavy atom. The van der Waals surface area contributed by atoms with Gasteiger partial charge < -0.3 is 5.32 Å². The largest absolute Gasteiger partial charge is 0.313 e. The van der Waals surface area contributed by atoms with Gasteiger partial charge in [-0.2, -0.15) is 0 Å². The highest BCUT2D eigenvalue weighted by atomic mass is 15.0. The summed E-state index contributed by atoms with van der Waals surface area (Å²) in [6.45, 7) is 7.39. The van der Waals surface area contributed by atoms with Gasteiger partial charge in [0.05, 0.1) is 6.54 Å².